The smallest absolute Gasteiger partial charge is 0.272 e. The van der Waals surface area contributed by atoms with Gasteiger partial charge in [-0.25, -0.2) is 4.98 Å². The molecular formula is C12H17N3O. The first kappa shape index (κ1) is 10.9. The zero-order valence-corrected chi connectivity index (χ0v) is 9.52. The lowest BCUT2D eigenvalue weighted by Crippen LogP contribution is -2.33. The number of hydrogen-bond donors (Lipinski definition) is 1. The maximum Gasteiger partial charge on any atom is 0.272 e. The van der Waals surface area contributed by atoms with E-state index in [1.54, 1.807) is 18.2 Å². The number of rotatable bonds is 4. The van der Waals surface area contributed by atoms with E-state index in [1.165, 1.54) is 12.8 Å². The minimum atomic E-state index is -0.0123. The van der Waals surface area contributed by atoms with Gasteiger partial charge in [-0.15, -0.1) is 0 Å². The molecular weight excluding hydrogens is 202 g/mol. The summed E-state index contributed by atoms with van der Waals surface area (Å²) < 4.78 is 0. The molecule has 0 spiro atoms. The van der Waals surface area contributed by atoms with E-state index in [2.05, 4.69) is 4.98 Å². The third kappa shape index (κ3) is 2.51. The Hall–Kier alpha value is -1.58. The number of nitrogen functional groups attached to an aromatic ring is 1. The number of nitrogens with zero attached hydrogens (tertiary/aromatic N) is 2. The quantitative estimate of drug-likeness (QED) is 0.835. The Morgan fingerprint density at radius 1 is 1.56 bits per heavy atom. The second-order valence-electron chi connectivity index (χ2n) is 4.23. The first-order valence-electron chi connectivity index (χ1n) is 5.72. The Balaban J connectivity index is 2.09. The lowest BCUT2D eigenvalue weighted by Gasteiger charge is -2.20. The summed E-state index contributed by atoms with van der Waals surface area (Å²) in [6.45, 7) is 3.57. The van der Waals surface area contributed by atoms with Gasteiger partial charge in [0.05, 0.1) is 0 Å². The minimum absolute atomic E-state index is 0.0123. The molecule has 1 saturated carbocycles. The molecule has 0 saturated heterocycles. The number of carbonyl (C=O) groups is 1. The molecule has 86 valence electrons. The van der Waals surface area contributed by atoms with Crippen molar-refractivity contribution in [1.82, 2.24) is 9.88 Å². The van der Waals surface area contributed by atoms with E-state index in [0.717, 1.165) is 13.1 Å². The summed E-state index contributed by atoms with van der Waals surface area (Å²) in [5.74, 6) is 1.08. The maximum atomic E-state index is 12.1. The second-order valence-corrected chi connectivity index (χ2v) is 4.23. The number of hydrogen-bond acceptors (Lipinski definition) is 3. The molecule has 0 aliphatic heterocycles. The molecule has 1 heterocycles. The molecule has 0 radical (unpaired) electrons. The van der Waals surface area contributed by atoms with Crippen molar-refractivity contribution in [3.63, 3.8) is 0 Å². The lowest BCUT2D eigenvalue weighted by molar-refractivity contribution is 0.0751. The average Bonchev–Trinajstić information content (AvgIpc) is 3.09. The summed E-state index contributed by atoms with van der Waals surface area (Å²) in [6.07, 6.45) is 2.49. The predicted octanol–water partition coefficient (Wildman–Crippen LogP) is 1.54. The van der Waals surface area contributed by atoms with Gasteiger partial charge in [0.15, 0.2) is 0 Å². The Labute approximate surface area is 95.5 Å². The third-order valence-corrected chi connectivity index (χ3v) is 2.83. The highest BCUT2D eigenvalue weighted by atomic mass is 16.2. The Bertz CT molecular complexity index is 388. The van der Waals surface area contributed by atoms with Gasteiger partial charge in [0.1, 0.15) is 11.5 Å². The maximum absolute atomic E-state index is 12.1. The van der Waals surface area contributed by atoms with Crippen molar-refractivity contribution in [1.29, 1.82) is 0 Å². The van der Waals surface area contributed by atoms with Crippen molar-refractivity contribution in [2.75, 3.05) is 18.8 Å². The van der Waals surface area contributed by atoms with Crippen molar-refractivity contribution < 1.29 is 4.79 Å². The van der Waals surface area contributed by atoms with Crippen LogP contribution in [-0.2, 0) is 0 Å². The average molecular weight is 219 g/mol. The van der Waals surface area contributed by atoms with Crippen molar-refractivity contribution in [2.24, 2.45) is 5.92 Å². The van der Waals surface area contributed by atoms with Gasteiger partial charge in [0.25, 0.3) is 5.91 Å². The van der Waals surface area contributed by atoms with Crippen molar-refractivity contribution in [3.05, 3.63) is 23.9 Å². The highest BCUT2D eigenvalue weighted by Gasteiger charge is 2.26. The fraction of sp³-hybridized carbons (Fsp3) is 0.500. The van der Waals surface area contributed by atoms with Crippen LogP contribution in [0.25, 0.3) is 0 Å². The summed E-state index contributed by atoms with van der Waals surface area (Å²) in [5, 5.41) is 0. The van der Waals surface area contributed by atoms with Crippen LogP contribution < -0.4 is 5.73 Å². The zero-order valence-electron chi connectivity index (χ0n) is 9.52. The normalized spacial score (nSPS) is 14.8. The number of carbonyl (C=O) groups excluding carboxylic acids is 1. The van der Waals surface area contributed by atoms with Crippen LogP contribution in [0.1, 0.15) is 30.3 Å². The van der Waals surface area contributed by atoms with E-state index >= 15 is 0 Å². The van der Waals surface area contributed by atoms with Crippen LogP contribution in [0.5, 0.6) is 0 Å². The first-order chi connectivity index (χ1) is 7.70. The highest BCUT2D eigenvalue weighted by Crippen LogP contribution is 2.29. The number of amides is 1. The Morgan fingerprint density at radius 3 is 2.88 bits per heavy atom. The van der Waals surface area contributed by atoms with Crippen molar-refractivity contribution in [3.8, 4) is 0 Å². The van der Waals surface area contributed by atoms with Crippen LogP contribution in [0.3, 0.4) is 0 Å². The van der Waals surface area contributed by atoms with Gasteiger partial charge in [-0.3, -0.25) is 4.79 Å². The van der Waals surface area contributed by atoms with Crippen LogP contribution in [0.15, 0.2) is 18.2 Å². The lowest BCUT2D eigenvalue weighted by atomic mass is 10.3. The van der Waals surface area contributed by atoms with E-state index < -0.39 is 0 Å². The molecule has 1 aromatic heterocycles. The first-order valence-corrected chi connectivity index (χ1v) is 5.72. The molecule has 0 unspecified atom stereocenters. The zero-order chi connectivity index (χ0) is 11.5. The number of pyridine rings is 1. The van der Waals surface area contributed by atoms with Gasteiger partial charge in [-0.1, -0.05) is 6.07 Å². The van der Waals surface area contributed by atoms with E-state index in [-0.39, 0.29) is 5.91 Å². The molecule has 0 atom stereocenters. The fourth-order valence-electron chi connectivity index (χ4n) is 1.70. The predicted molar refractivity (Wildman–Crippen MR) is 63.0 cm³/mol. The largest absolute Gasteiger partial charge is 0.384 e. The molecule has 1 fully saturated rings. The Kier molecular flexibility index (Phi) is 3.08. The molecule has 1 aromatic rings. The van der Waals surface area contributed by atoms with Gasteiger partial charge in [0, 0.05) is 13.1 Å². The van der Waals surface area contributed by atoms with E-state index in [4.69, 9.17) is 5.73 Å². The second kappa shape index (κ2) is 4.51. The monoisotopic (exact) mass is 219 g/mol. The van der Waals surface area contributed by atoms with Gasteiger partial charge in [0.2, 0.25) is 0 Å². The molecule has 2 rings (SSSR count). The van der Waals surface area contributed by atoms with Gasteiger partial charge in [-0.05, 0) is 37.8 Å². The molecule has 16 heavy (non-hydrogen) atoms. The van der Waals surface area contributed by atoms with Crippen LogP contribution in [0.2, 0.25) is 0 Å². The number of anilines is 1. The Morgan fingerprint density at radius 2 is 2.31 bits per heavy atom. The topological polar surface area (TPSA) is 59.2 Å². The molecule has 4 nitrogen and oxygen atoms in total. The van der Waals surface area contributed by atoms with Crippen LogP contribution in [0.4, 0.5) is 5.82 Å². The molecule has 2 N–H and O–H groups in total. The minimum Gasteiger partial charge on any atom is -0.384 e. The standard InChI is InChI=1S/C12H17N3O/c1-2-15(8-9-6-7-9)12(16)10-4-3-5-11(13)14-10/h3-5,9H,2,6-8H2,1H3,(H2,13,14). The van der Waals surface area contributed by atoms with Gasteiger partial charge in [-0.2, -0.15) is 0 Å². The van der Waals surface area contributed by atoms with Gasteiger partial charge >= 0.3 is 0 Å². The van der Waals surface area contributed by atoms with E-state index in [9.17, 15) is 4.79 Å². The molecule has 1 aliphatic carbocycles. The molecule has 0 bridgehead atoms. The van der Waals surface area contributed by atoms with Crippen molar-refractivity contribution in [2.45, 2.75) is 19.8 Å². The summed E-state index contributed by atoms with van der Waals surface area (Å²) >= 11 is 0. The molecule has 1 aliphatic rings. The van der Waals surface area contributed by atoms with E-state index in [1.807, 2.05) is 11.8 Å². The molecule has 0 aromatic carbocycles. The van der Waals surface area contributed by atoms with Crippen molar-refractivity contribution >= 4 is 11.7 Å². The third-order valence-electron chi connectivity index (χ3n) is 2.83. The van der Waals surface area contributed by atoms with Crippen LogP contribution >= 0.6 is 0 Å². The summed E-state index contributed by atoms with van der Waals surface area (Å²) in [6, 6.07) is 5.17. The van der Waals surface area contributed by atoms with Crippen LogP contribution in [-0.4, -0.2) is 28.9 Å². The molecule has 1 amide bonds. The number of nitrogens with two attached hydrogens (primary N) is 1. The molecule has 4 heteroatoms. The van der Waals surface area contributed by atoms with Gasteiger partial charge < -0.3 is 10.6 Å². The van der Waals surface area contributed by atoms with E-state index in [0.29, 0.717) is 17.4 Å². The summed E-state index contributed by atoms with van der Waals surface area (Å²) in [7, 11) is 0. The van der Waals surface area contributed by atoms with Crippen LogP contribution in [0, 0.1) is 5.92 Å². The SMILES string of the molecule is CCN(CC1CC1)C(=O)c1cccc(N)n1. The number of aromatic nitrogens is 1. The summed E-state index contributed by atoms with van der Waals surface area (Å²) in [4.78, 5) is 18.0. The fourth-order valence-corrected chi connectivity index (χ4v) is 1.70. The summed E-state index contributed by atoms with van der Waals surface area (Å²) in [5.41, 5.74) is 6.02. The highest BCUT2D eigenvalue weighted by molar-refractivity contribution is 5.92.